The topological polar surface area (TPSA) is 23.2 Å². The van der Waals surface area contributed by atoms with E-state index in [4.69, 9.17) is 0 Å². The highest BCUT2D eigenvalue weighted by atomic mass is 127. The Balaban J connectivity index is 0.00000147. The molecule has 0 aromatic heterocycles. The third kappa shape index (κ3) is 2.07. The molecule has 1 N–H and O–H groups in total. The van der Waals surface area contributed by atoms with Crippen LogP contribution in [-0.2, 0) is 5.41 Å². The van der Waals surface area contributed by atoms with Crippen LogP contribution in [0.15, 0.2) is 36.4 Å². The summed E-state index contributed by atoms with van der Waals surface area (Å²) in [5.41, 5.74) is 3.96. The van der Waals surface area contributed by atoms with E-state index in [9.17, 15) is 5.11 Å². The average Bonchev–Trinajstić information content (AvgIpc) is 2.60. The third-order valence-electron chi connectivity index (χ3n) is 4.46. The first-order valence-corrected chi connectivity index (χ1v) is 6.82. The maximum absolute atomic E-state index is 9.30. The molecule has 2 aromatic rings. The fourth-order valence-electron chi connectivity index (χ4n) is 3.23. The van der Waals surface area contributed by atoms with Crippen molar-refractivity contribution in [3.05, 3.63) is 42.0 Å². The van der Waals surface area contributed by atoms with Crippen LogP contribution >= 0.6 is 0 Å². The fraction of sp³-hybridized carbons (Fsp3) is 0.353. The zero-order valence-electron chi connectivity index (χ0n) is 12.2. The quantitative estimate of drug-likeness (QED) is 0.585. The normalized spacial score (nSPS) is 16.2. The number of fused-ring (bicyclic) bond motifs is 3. The number of hydrogen-bond acceptors (Lipinski definition) is 1. The number of aliphatic hydroxyl groups excluding tert-OH is 1. The van der Waals surface area contributed by atoms with Crippen LogP contribution in [0.3, 0.4) is 0 Å². The molecule has 0 bridgehead atoms. The minimum absolute atomic E-state index is 0. The predicted molar refractivity (Wildman–Crippen MR) is 79.5 cm³/mol. The van der Waals surface area contributed by atoms with Gasteiger partial charge in [-0.2, -0.15) is 4.58 Å². The van der Waals surface area contributed by atoms with Crippen LogP contribution in [0.25, 0.3) is 10.8 Å². The summed E-state index contributed by atoms with van der Waals surface area (Å²) in [5.74, 6) is 0. The minimum Gasteiger partial charge on any atom is -1.00 e. The van der Waals surface area contributed by atoms with Gasteiger partial charge in [0.1, 0.15) is 6.61 Å². The zero-order valence-corrected chi connectivity index (χ0v) is 14.3. The Kier molecular flexibility index (Phi) is 4.21. The standard InChI is InChI=1S/C17H20NO.HI/c1-12-17(2,3)16-14-7-5-4-6-13(14)8-9-15(16)18(12)10-11-19;/h4-9,19H,10-11H2,1-3H3;1H/q+1;/p-1. The maximum Gasteiger partial charge on any atom is 0.210 e. The summed E-state index contributed by atoms with van der Waals surface area (Å²) in [5, 5.41) is 11.9. The van der Waals surface area contributed by atoms with Gasteiger partial charge in [-0.3, -0.25) is 0 Å². The second kappa shape index (κ2) is 5.45. The van der Waals surface area contributed by atoms with Gasteiger partial charge in [0.2, 0.25) is 5.69 Å². The molecule has 3 heteroatoms. The Bertz CT molecular complexity index is 688. The summed E-state index contributed by atoms with van der Waals surface area (Å²) in [6.45, 7) is 7.56. The smallest absolute Gasteiger partial charge is 0.210 e. The molecule has 0 spiro atoms. The van der Waals surface area contributed by atoms with Gasteiger partial charge >= 0.3 is 0 Å². The highest BCUT2D eigenvalue weighted by Crippen LogP contribution is 2.43. The molecule has 0 aliphatic carbocycles. The lowest BCUT2D eigenvalue weighted by Crippen LogP contribution is -3.00. The molecule has 3 rings (SSSR count). The molecular formula is C17H20INO. The lowest BCUT2D eigenvalue weighted by molar-refractivity contribution is -0.442. The summed E-state index contributed by atoms with van der Waals surface area (Å²) in [6, 6.07) is 12.9. The van der Waals surface area contributed by atoms with Gasteiger partial charge in [0.05, 0.1) is 5.41 Å². The number of aliphatic hydroxyl groups is 1. The first-order chi connectivity index (χ1) is 9.07. The molecule has 20 heavy (non-hydrogen) atoms. The van der Waals surface area contributed by atoms with Crippen LogP contribution in [0, 0.1) is 0 Å². The monoisotopic (exact) mass is 381 g/mol. The maximum atomic E-state index is 9.30. The van der Waals surface area contributed by atoms with Crippen molar-refractivity contribution in [3.8, 4) is 0 Å². The highest BCUT2D eigenvalue weighted by Gasteiger charge is 2.43. The van der Waals surface area contributed by atoms with Crippen molar-refractivity contribution < 1.29 is 33.7 Å². The number of β-amino-alcohol motifs (C(OH)–C–C–N with tert-alkyl or cyclic N) is 1. The van der Waals surface area contributed by atoms with Crippen LogP contribution in [0.4, 0.5) is 5.69 Å². The first-order valence-electron chi connectivity index (χ1n) is 6.82. The molecule has 1 heterocycles. The summed E-state index contributed by atoms with van der Waals surface area (Å²) in [6.07, 6.45) is 0. The van der Waals surface area contributed by atoms with E-state index in [2.05, 4.69) is 61.7 Å². The summed E-state index contributed by atoms with van der Waals surface area (Å²) >= 11 is 0. The van der Waals surface area contributed by atoms with E-state index >= 15 is 0 Å². The van der Waals surface area contributed by atoms with Gasteiger partial charge in [-0.05, 0) is 30.7 Å². The Morgan fingerprint density at radius 2 is 1.80 bits per heavy atom. The second-order valence-electron chi connectivity index (χ2n) is 5.77. The lowest BCUT2D eigenvalue weighted by Gasteiger charge is -2.17. The van der Waals surface area contributed by atoms with Crippen LogP contribution in [0.5, 0.6) is 0 Å². The van der Waals surface area contributed by atoms with Gasteiger partial charge in [0.15, 0.2) is 12.3 Å². The van der Waals surface area contributed by atoms with Gasteiger partial charge in [0.25, 0.3) is 0 Å². The van der Waals surface area contributed by atoms with E-state index in [0.717, 1.165) is 0 Å². The van der Waals surface area contributed by atoms with Crippen LogP contribution < -0.4 is 24.0 Å². The summed E-state index contributed by atoms with van der Waals surface area (Å²) < 4.78 is 2.25. The number of halogens is 1. The van der Waals surface area contributed by atoms with Gasteiger partial charge in [0, 0.05) is 18.6 Å². The zero-order chi connectivity index (χ0) is 13.6. The Morgan fingerprint density at radius 3 is 2.50 bits per heavy atom. The molecule has 0 saturated heterocycles. The third-order valence-corrected chi connectivity index (χ3v) is 4.46. The van der Waals surface area contributed by atoms with E-state index in [1.54, 1.807) is 0 Å². The number of hydrogen-bond donors (Lipinski definition) is 1. The van der Waals surface area contributed by atoms with Crippen molar-refractivity contribution in [2.24, 2.45) is 0 Å². The molecule has 2 nitrogen and oxygen atoms in total. The van der Waals surface area contributed by atoms with Crippen molar-refractivity contribution in [1.82, 2.24) is 0 Å². The number of rotatable bonds is 2. The van der Waals surface area contributed by atoms with E-state index in [1.165, 1.54) is 27.7 Å². The van der Waals surface area contributed by atoms with Gasteiger partial charge in [-0.1, -0.05) is 24.3 Å². The van der Waals surface area contributed by atoms with Crippen LogP contribution in [0.2, 0.25) is 0 Å². The Morgan fingerprint density at radius 1 is 1.10 bits per heavy atom. The molecule has 0 unspecified atom stereocenters. The van der Waals surface area contributed by atoms with Gasteiger partial charge in [-0.25, -0.2) is 0 Å². The Hall–Kier alpha value is -0.940. The molecule has 2 aromatic carbocycles. The summed E-state index contributed by atoms with van der Waals surface area (Å²) in [4.78, 5) is 0. The molecule has 106 valence electrons. The molecule has 0 atom stereocenters. The van der Waals surface area contributed by atoms with Crippen molar-refractivity contribution >= 4 is 22.2 Å². The molecular weight excluding hydrogens is 361 g/mol. The molecule has 0 fully saturated rings. The molecule has 0 radical (unpaired) electrons. The molecule has 0 amide bonds. The van der Waals surface area contributed by atoms with Crippen molar-refractivity contribution in [2.75, 3.05) is 13.2 Å². The number of nitrogens with zero attached hydrogens (tertiary/aromatic N) is 1. The van der Waals surface area contributed by atoms with E-state index < -0.39 is 0 Å². The Labute approximate surface area is 137 Å². The minimum atomic E-state index is 0. The van der Waals surface area contributed by atoms with Crippen molar-refractivity contribution in [1.29, 1.82) is 0 Å². The number of benzene rings is 2. The lowest BCUT2D eigenvalue weighted by atomic mass is 9.80. The van der Waals surface area contributed by atoms with Crippen LogP contribution in [-0.4, -0.2) is 28.5 Å². The van der Waals surface area contributed by atoms with Crippen LogP contribution in [0.1, 0.15) is 26.3 Å². The largest absolute Gasteiger partial charge is 1.00 e. The van der Waals surface area contributed by atoms with Gasteiger partial charge < -0.3 is 29.1 Å². The van der Waals surface area contributed by atoms with E-state index in [1.807, 2.05) is 0 Å². The van der Waals surface area contributed by atoms with E-state index in [-0.39, 0.29) is 36.0 Å². The molecule has 1 aliphatic heterocycles. The molecule has 1 aliphatic rings. The van der Waals surface area contributed by atoms with Gasteiger partial charge in [-0.15, -0.1) is 0 Å². The molecule has 0 saturated carbocycles. The second-order valence-corrected chi connectivity index (χ2v) is 5.77. The van der Waals surface area contributed by atoms with E-state index in [0.29, 0.717) is 6.54 Å². The fourth-order valence-corrected chi connectivity index (χ4v) is 3.23. The average molecular weight is 381 g/mol. The highest BCUT2D eigenvalue weighted by molar-refractivity contribution is 6.01. The first kappa shape index (κ1) is 15.4. The van der Waals surface area contributed by atoms with Crippen molar-refractivity contribution in [3.63, 3.8) is 0 Å². The van der Waals surface area contributed by atoms with Crippen molar-refractivity contribution in [2.45, 2.75) is 26.2 Å². The SMILES string of the molecule is CC1=[N+](CCO)c2ccc3ccccc3c2C1(C)C.[I-]. The summed E-state index contributed by atoms with van der Waals surface area (Å²) in [7, 11) is 0. The predicted octanol–water partition coefficient (Wildman–Crippen LogP) is 0.232.